The van der Waals surface area contributed by atoms with Gasteiger partial charge in [0.25, 0.3) is 11.8 Å². The van der Waals surface area contributed by atoms with Gasteiger partial charge in [0.2, 0.25) is 0 Å². The van der Waals surface area contributed by atoms with Gasteiger partial charge < -0.3 is 9.29 Å². The molecule has 3 aromatic rings. The normalized spacial score (nSPS) is 14.2. The molecule has 2 amide bonds. The first-order valence-electron chi connectivity index (χ1n) is 10.6. The average Bonchev–Trinajstić information content (AvgIpc) is 3.06. The molecule has 0 bridgehead atoms. The average molecular weight is 498 g/mol. The lowest BCUT2D eigenvalue weighted by Crippen LogP contribution is -2.29. The molecule has 0 fully saturated rings. The second-order valence-corrected chi connectivity index (χ2v) is 10.5. The summed E-state index contributed by atoms with van der Waals surface area (Å²) in [4.78, 5) is 32.1. The number of imide groups is 1. The highest BCUT2D eigenvalue weighted by Gasteiger charge is 2.40. The number of nitrogens with zero attached hydrogens (tertiary/aromatic N) is 2. The lowest BCUT2D eigenvalue weighted by molar-refractivity contribution is 0.0642. The Labute approximate surface area is 206 Å². The maximum atomic E-state index is 13.3. The molecule has 0 spiro atoms. The molecule has 0 saturated heterocycles. The van der Waals surface area contributed by atoms with Crippen LogP contribution in [0.2, 0.25) is 5.02 Å². The standard InChI is InChI=1S/C25H24ClN3O4S/c1-25(2,3)16-5-7-18(8-6-16)34(32)28-20-10-9-19(26)21-22(20)24(31)29(23(21)30)14-15-11-17(33-4)13-27-12-15/h5-13,28H,14H2,1-4H3. The van der Waals surface area contributed by atoms with Crippen LogP contribution in [0.15, 0.2) is 59.8 Å². The van der Waals surface area contributed by atoms with Crippen molar-refractivity contribution >= 4 is 40.5 Å². The summed E-state index contributed by atoms with van der Waals surface area (Å²) in [5, 5.41) is 0.158. The highest BCUT2D eigenvalue weighted by atomic mass is 35.5. The molecule has 7 nitrogen and oxygen atoms in total. The van der Waals surface area contributed by atoms with Crippen molar-refractivity contribution in [1.29, 1.82) is 0 Å². The number of hydrogen-bond acceptors (Lipinski definition) is 6. The zero-order valence-corrected chi connectivity index (χ0v) is 20.8. The fraction of sp³-hybridized carbons (Fsp3) is 0.240. The third kappa shape index (κ3) is 4.61. The van der Waals surface area contributed by atoms with Crippen LogP contribution in [0.25, 0.3) is 0 Å². The summed E-state index contributed by atoms with van der Waals surface area (Å²) in [5.74, 6) is -0.521. The zero-order chi connectivity index (χ0) is 24.6. The number of nitrogens with one attached hydrogen (secondary N) is 1. The predicted molar refractivity (Wildman–Crippen MR) is 132 cm³/mol. The first kappa shape index (κ1) is 24.1. The van der Waals surface area contributed by atoms with Crippen molar-refractivity contribution < 1.29 is 18.9 Å². The molecule has 1 aliphatic rings. The van der Waals surface area contributed by atoms with Crippen LogP contribution in [0, 0.1) is 0 Å². The molecule has 2 heterocycles. The summed E-state index contributed by atoms with van der Waals surface area (Å²) in [5.41, 5.74) is 2.19. The van der Waals surface area contributed by atoms with Gasteiger partial charge in [0.05, 0.1) is 41.7 Å². The second kappa shape index (κ2) is 9.29. The van der Waals surface area contributed by atoms with Gasteiger partial charge in [0, 0.05) is 6.20 Å². The smallest absolute Gasteiger partial charge is 0.264 e. The van der Waals surface area contributed by atoms with Gasteiger partial charge >= 0.3 is 0 Å². The number of aromatic nitrogens is 1. The molecule has 4 rings (SSSR count). The molecular weight excluding hydrogens is 474 g/mol. The maximum absolute atomic E-state index is 13.3. The van der Waals surface area contributed by atoms with Crippen molar-refractivity contribution in [3.8, 4) is 5.75 Å². The number of fused-ring (bicyclic) bond motifs is 1. The molecular formula is C25H24ClN3O4S. The van der Waals surface area contributed by atoms with E-state index >= 15 is 0 Å². The van der Waals surface area contributed by atoms with Crippen molar-refractivity contribution in [2.45, 2.75) is 37.6 Å². The molecule has 1 aliphatic heterocycles. The summed E-state index contributed by atoms with van der Waals surface area (Å²) in [6.07, 6.45) is 3.09. The topological polar surface area (TPSA) is 94.6 Å². The third-order valence-electron chi connectivity index (χ3n) is 5.56. The molecule has 2 aromatic carbocycles. The number of amides is 2. The molecule has 1 unspecified atom stereocenters. The fourth-order valence-electron chi connectivity index (χ4n) is 3.68. The van der Waals surface area contributed by atoms with Gasteiger partial charge in [-0.2, -0.15) is 0 Å². The Morgan fingerprint density at radius 1 is 1.06 bits per heavy atom. The van der Waals surface area contributed by atoms with Crippen LogP contribution in [0.3, 0.4) is 0 Å². The van der Waals surface area contributed by atoms with Crippen molar-refractivity contribution in [2.24, 2.45) is 0 Å². The number of halogens is 1. The molecule has 0 saturated carbocycles. The number of ether oxygens (including phenoxy) is 1. The molecule has 0 radical (unpaired) electrons. The molecule has 0 aliphatic carbocycles. The Morgan fingerprint density at radius 3 is 2.38 bits per heavy atom. The van der Waals surface area contributed by atoms with Crippen LogP contribution in [0.5, 0.6) is 5.75 Å². The Morgan fingerprint density at radius 2 is 1.74 bits per heavy atom. The first-order chi connectivity index (χ1) is 16.1. The third-order valence-corrected chi connectivity index (χ3v) is 6.98. The Hall–Kier alpha value is -3.07. The van der Waals surface area contributed by atoms with Gasteiger partial charge in [-0.15, -0.1) is 0 Å². The van der Waals surface area contributed by atoms with E-state index in [2.05, 4.69) is 30.5 Å². The monoisotopic (exact) mass is 497 g/mol. The molecule has 1 aromatic heterocycles. The molecule has 1 N–H and O–H groups in total. The summed E-state index contributed by atoms with van der Waals surface area (Å²) < 4.78 is 21.1. The van der Waals surface area contributed by atoms with E-state index in [9.17, 15) is 14.1 Å². The van der Waals surface area contributed by atoms with Gasteiger partial charge in [-0.1, -0.05) is 44.5 Å². The Kier molecular flexibility index (Phi) is 6.58. The van der Waals surface area contributed by atoms with Gasteiger partial charge in [-0.05, 0) is 46.9 Å². The fourth-order valence-corrected chi connectivity index (χ4v) is 4.79. The van der Waals surface area contributed by atoms with Crippen LogP contribution in [0.4, 0.5) is 5.69 Å². The Balaban J connectivity index is 1.61. The van der Waals surface area contributed by atoms with E-state index in [1.165, 1.54) is 19.4 Å². The van der Waals surface area contributed by atoms with Crippen LogP contribution < -0.4 is 9.46 Å². The lowest BCUT2D eigenvalue weighted by Gasteiger charge is -2.19. The van der Waals surface area contributed by atoms with E-state index in [-0.39, 0.29) is 33.8 Å². The van der Waals surface area contributed by atoms with Gasteiger partial charge in [0.15, 0.2) is 4.90 Å². The van der Waals surface area contributed by atoms with E-state index in [1.807, 2.05) is 12.1 Å². The van der Waals surface area contributed by atoms with Gasteiger partial charge in [-0.3, -0.25) is 19.5 Å². The maximum Gasteiger partial charge on any atom is 0.264 e. The zero-order valence-electron chi connectivity index (χ0n) is 19.2. The van der Waals surface area contributed by atoms with Gasteiger partial charge in [0.1, 0.15) is 17.1 Å². The minimum absolute atomic E-state index is 0.00364. The molecule has 9 heteroatoms. The van der Waals surface area contributed by atoms with E-state index in [1.54, 1.807) is 30.5 Å². The Bertz CT molecular complexity index is 1260. The van der Waals surface area contributed by atoms with E-state index in [0.29, 0.717) is 16.2 Å². The predicted octanol–water partition coefficient (Wildman–Crippen LogP) is 4.97. The van der Waals surface area contributed by atoms with Crippen LogP contribution in [0.1, 0.15) is 52.6 Å². The largest absolute Gasteiger partial charge is 0.588 e. The number of carbonyl (C=O) groups excluding carboxylic acids is 2. The summed E-state index contributed by atoms with van der Waals surface area (Å²) in [6, 6.07) is 12.2. The number of benzene rings is 2. The SMILES string of the molecule is COc1cncc(CN2C(=O)c3c(Cl)ccc(N[S+]([O-])c4ccc(C(C)(C)C)cc4)c3C2=O)c1. The summed E-state index contributed by atoms with van der Waals surface area (Å²) in [6.45, 7) is 6.31. The van der Waals surface area contributed by atoms with Crippen molar-refractivity contribution in [1.82, 2.24) is 9.88 Å². The van der Waals surface area contributed by atoms with Crippen LogP contribution in [-0.4, -0.2) is 33.4 Å². The van der Waals surface area contributed by atoms with E-state index in [0.717, 1.165) is 10.5 Å². The highest BCUT2D eigenvalue weighted by molar-refractivity contribution is 7.92. The van der Waals surface area contributed by atoms with Crippen molar-refractivity contribution in [2.75, 3.05) is 11.8 Å². The van der Waals surface area contributed by atoms with E-state index < -0.39 is 23.2 Å². The van der Waals surface area contributed by atoms with Crippen LogP contribution in [-0.2, 0) is 23.3 Å². The quantitative estimate of drug-likeness (QED) is 0.381. The number of rotatable bonds is 6. The van der Waals surface area contributed by atoms with Crippen molar-refractivity contribution in [3.63, 3.8) is 0 Å². The number of hydrogen-bond donors (Lipinski definition) is 1. The minimum Gasteiger partial charge on any atom is -0.588 e. The number of anilines is 1. The van der Waals surface area contributed by atoms with Gasteiger partial charge in [-0.25, -0.2) is 4.72 Å². The van der Waals surface area contributed by atoms with Crippen LogP contribution >= 0.6 is 11.6 Å². The number of pyridine rings is 1. The summed E-state index contributed by atoms with van der Waals surface area (Å²) >= 11 is 4.65. The molecule has 176 valence electrons. The number of methoxy groups -OCH3 is 1. The second-order valence-electron chi connectivity index (χ2n) is 8.92. The van der Waals surface area contributed by atoms with Crippen molar-refractivity contribution in [3.05, 3.63) is 82.1 Å². The highest BCUT2D eigenvalue weighted by Crippen LogP contribution is 2.36. The molecule has 1 atom stereocenters. The summed E-state index contributed by atoms with van der Waals surface area (Å²) in [7, 11) is 1.51. The molecule has 34 heavy (non-hydrogen) atoms. The first-order valence-corrected chi connectivity index (χ1v) is 12.1. The lowest BCUT2D eigenvalue weighted by atomic mass is 9.87. The van der Waals surface area contributed by atoms with E-state index in [4.69, 9.17) is 16.3 Å². The minimum atomic E-state index is -1.65. The number of carbonyl (C=O) groups is 2.